The maximum absolute atomic E-state index is 6.19. The van der Waals surface area contributed by atoms with E-state index < -0.39 is 6.04 Å². The van der Waals surface area contributed by atoms with Gasteiger partial charge in [-0.05, 0) is 24.6 Å². The Morgan fingerprint density at radius 3 is 2.76 bits per heavy atom. The molecule has 2 rings (SSSR count). The smallest absolute Gasteiger partial charge is 0.171 e. The largest absolute Gasteiger partial charge is 0.493 e. The standard InChI is InChI=1S/C14H20N4O3/c1-4-21-10-6-5-9(7-11(10)20-3)13(15)14-16-12(8-19-2)17-18-14/h5-7,13H,4,8,15H2,1-3H3,(H,16,17,18)/t13-/m1/s1. The van der Waals surface area contributed by atoms with Gasteiger partial charge in [0.1, 0.15) is 6.61 Å². The van der Waals surface area contributed by atoms with E-state index in [9.17, 15) is 0 Å². The minimum atomic E-state index is -0.448. The molecule has 0 spiro atoms. The van der Waals surface area contributed by atoms with Gasteiger partial charge in [0.05, 0.1) is 19.8 Å². The Morgan fingerprint density at radius 2 is 2.10 bits per heavy atom. The molecule has 0 aliphatic carbocycles. The Balaban J connectivity index is 2.23. The maximum atomic E-state index is 6.19. The second-order valence-electron chi connectivity index (χ2n) is 4.39. The van der Waals surface area contributed by atoms with Gasteiger partial charge in [0.2, 0.25) is 0 Å². The van der Waals surface area contributed by atoms with Crippen molar-refractivity contribution in [2.24, 2.45) is 5.73 Å². The molecule has 0 aliphatic rings. The molecule has 114 valence electrons. The zero-order valence-electron chi connectivity index (χ0n) is 12.4. The highest BCUT2D eigenvalue weighted by atomic mass is 16.5. The number of rotatable bonds is 7. The summed E-state index contributed by atoms with van der Waals surface area (Å²) in [4.78, 5) is 4.30. The molecule has 0 unspecified atom stereocenters. The Bertz CT molecular complexity index is 585. The van der Waals surface area contributed by atoms with Crippen molar-refractivity contribution in [2.75, 3.05) is 20.8 Å². The molecule has 1 atom stereocenters. The third kappa shape index (κ3) is 3.50. The topological polar surface area (TPSA) is 95.3 Å². The Hall–Kier alpha value is -2.12. The lowest BCUT2D eigenvalue weighted by Crippen LogP contribution is -2.14. The Morgan fingerprint density at radius 1 is 1.29 bits per heavy atom. The first-order chi connectivity index (χ1) is 10.2. The van der Waals surface area contributed by atoms with Crippen molar-refractivity contribution >= 4 is 0 Å². The van der Waals surface area contributed by atoms with Gasteiger partial charge in [-0.1, -0.05) is 6.07 Å². The van der Waals surface area contributed by atoms with Crippen molar-refractivity contribution in [1.82, 2.24) is 15.2 Å². The van der Waals surface area contributed by atoms with Crippen LogP contribution in [0.5, 0.6) is 11.5 Å². The van der Waals surface area contributed by atoms with E-state index in [1.54, 1.807) is 14.2 Å². The van der Waals surface area contributed by atoms with Gasteiger partial charge in [0, 0.05) is 7.11 Å². The third-order valence-electron chi connectivity index (χ3n) is 2.95. The van der Waals surface area contributed by atoms with E-state index in [0.717, 1.165) is 5.56 Å². The number of nitrogens with zero attached hydrogens (tertiary/aromatic N) is 2. The minimum absolute atomic E-state index is 0.367. The monoisotopic (exact) mass is 292 g/mol. The molecule has 1 aromatic carbocycles. The fourth-order valence-corrected chi connectivity index (χ4v) is 1.95. The van der Waals surface area contributed by atoms with Gasteiger partial charge < -0.3 is 19.9 Å². The molecule has 7 heteroatoms. The molecule has 1 aromatic heterocycles. The van der Waals surface area contributed by atoms with Crippen LogP contribution >= 0.6 is 0 Å². The summed E-state index contributed by atoms with van der Waals surface area (Å²) in [6, 6.07) is 5.10. The molecule has 0 saturated carbocycles. The summed E-state index contributed by atoms with van der Waals surface area (Å²) in [6.45, 7) is 2.86. The maximum Gasteiger partial charge on any atom is 0.171 e. The molecular formula is C14H20N4O3. The number of nitrogens with one attached hydrogen (secondary N) is 1. The number of aromatic nitrogens is 3. The van der Waals surface area contributed by atoms with Crippen LogP contribution in [0, 0.1) is 0 Å². The molecule has 2 aromatic rings. The summed E-state index contributed by atoms with van der Waals surface area (Å²) in [6.07, 6.45) is 0. The second kappa shape index (κ2) is 7.05. The highest BCUT2D eigenvalue weighted by molar-refractivity contribution is 5.44. The zero-order chi connectivity index (χ0) is 15.2. The van der Waals surface area contributed by atoms with E-state index >= 15 is 0 Å². The van der Waals surface area contributed by atoms with Crippen LogP contribution in [0.1, 0.15) is 30.2 Å². The van der Waals surface area contributed by atoms with E-state index in [-0.39, 0.29) is 0 Å². The lowest BCUT2D eigenvalue weighted by Gasteiger charge is -2.13. The van der Waals surface area contributed by atoms with Crippen LogP contribution in [0.2, 0.25) is 0 Å². The lowest BCUT2D eigenvalue weighted by atomic mass is 10.1. The molecule has 0 fully saturated rings. The van der Waals surface area contributed by atoms with Crippen LogP contribution in [0.4, 0.5) is 0 Å². The molecule has 1 heterocycles. The first kappa shape index (κ1) is 15.3. The Labute approximate surface area is 123 Å². The van der Waals surface area contributed by atoms with E-state index in [1.807, 2.05) is 25.1 Å². The normalized spacial score (nSPS) is 12.2. The van der Waals surface area contributed by atoms with Crippen LogP contribution < -0.4 is 15.2 Å². The number of H-pyrrole nitrogens is 1. The average molecular weight is 292 g/mol. The van der Waals surface area contributed by atoms with Crippen LogP contribution in [0.25, 0.3) is 0 Å². The molecule has 7 nitrogen and oxygen atoms in total. The number of aromatic amines is 1. The molecule has 0 aliphatic heterocycles. The highest BCUT2D eigenvalue weighted by Gasteiger charge is 2.17. The summed E-state index contributed by atoms with van der Waals surface area (Å²) in [5, 5.41) is 6.91. The van der Waals surface area contributed by atoms with E-state index in [0.29, 0.717) is 36.4 Å². The van der Waals surface area contributed by atoms with Crippen LogP contribution in [0.15, 0.2) is 18.2 Å². The summed E-state index contributed by atoms with van der Waals surface area (Å²) >= 11 is 0. The molecule has 0 radical (unpaired) electrons. The van der Waals surface area contributed by atoms with Crippen LogP contribution in [-0.2, 0) is 11.3 Å². The quantitative estimate of drug-likeness (QED) is 0.801. The highest BCUT2D eigenvalue weighted by Crippen LogP contribution is 2.30. The summed E-state index contributed by atoms with van der Waals surface area (Å²) in [5.41, 5.74) is 7.04. The summed E-state index contributed by atoms with van der Waals surface area (Å²) in [7, 11) is 3.19. The zero-order valence-corrected chi connectivity index (χ0v) is 12.4. The van der Waals surface area contributed by atoms with Crippen molar-refractivity contribution in [2.45, 2.75) is 19.6 Å². The molecule has 0 saturated heterocycles. The van der Waals surface area contributed by atoms with Gasteiger partial charge in [0.15, 0.2) is 23.1 Å². The molecule has 0 bridgehead atoms. The Kier molecular flexibility index (Phi) is 5.13. The van der Waals surface area contributed by atoms with Crippen molar-refractivity contribution < 1.29 is 14.2 Å². The van der Waals surface area contributed by atoms with Crippen LogP contribution in [-0.4, -0.2) is 36.0 Å². The average Bonchev–Trinajstić information content (AvgIpc) is 2.96. The third-order valence-corrected chi connectivity index (χ3v) is 2.95. The predicted octanol–water partition coefficient (Wildman–Crippen LogP) is 1.41. The van der Waals surface area contributed by atoms with E-state index in [2.05, 4.69) is 15.2 Å². The van der Waals surface area contributed by atoms with Gasteiger partial charge in [0.25, 0.3) is 0 Å². The SMILES string of the molecule is CCOc1ccc([C@@H](N)c2n[nH]c(COC)n2)cc1OC. The van der Waals surface area contributed by atoms with Crippen molar-refractivity contribution in [3.8, 4) is 11.5 Å². The van der Waals surface area contributed by atoms with Gasteiger partial charge in [-0.2, -0.15) is 5.10 Å². The molecule has 21 heavy (non-hydrogen) atoms. The second-order valence-corrected chi connectivity index (χ2v) is 4.39. The summed E-state index contributed by atoms with van der Waals surface area (Å²) in [5.74, 6) is 2.47. The lowest BCUT2D eigenvalue weighted by molar-refractivity contribution is 0.178. The van der Waals surface area contributed by atoms with Gasteiger partial charge >= 0.3 is 0 Å². The fourth-order valence-electron chi connectivity index (χ4n) is 1.95. The molecule has 3 N–H and O–H groups in total. The number of hydrogen-bond donors (Lipinski definition) is 2. The van der Waals surface area contributed by atoms with Crippen molar-refractivity contribution in [1.29, 1.82) is 0 Å². The van der Waals surface area contributed by atoms with Crippen molar-refractivity contribution in [3.05, 3.63) is 35.4 Å². The number of ether oxygens (including phenoxy) is 3. The van der Waals surface area contributed by atoms with Crippen molar-refractivity contribution in [3.63, 3.8) is 0 Å². The first-order valence-corrected chi connectivity index (χ1v) is 6.66. The van der Waals surface area contributed by atoms with Gasteiger partial charge in [-0.3, -0.25) is 5.10 Å². The van der Waals surface area contributed by atoms with E-state index in [4.69, 9.17) is 19.9 Å². The molecular weight excluding hydrogens is 272 g/mol. The van der Waals surface area contributed by atoms with E-state index in [1.165, 1.54) is 0 Å². The number of benzene rings is 1. The minimum Gasteiger partial charge on any atom is -0.493 e. The fraction of sp³-hybridized carbons (Fsp3) is 0.429. The predicted molar refractivity (Wildman–Crippen MR) is 77.3 cm³/mol. The number of hydrogen-bond acceptors (Lipinski definition) is 6. The van der Waals surface area contributed by atoms with Gasteiger partial charge in [-0.25, -0.2) is 4.98 Å². The summed E-state index contributed by atoms with van der Waals surface area (Å²) < 4.78 is 15.8. The first-order valence-electron chi connectivity index (χ1n) is 6.66. The molecule has 0 amide bonds. The number of nitrogens with two attached hydrogens (primary N) is 1. The van der Waals surface area contributed by atoms with Gasteiger partial charge in [-0.15, -0.1) is 0 Å². The number of methoxy groups -OCH3 is 2. The van der Waals surface area contributed by atoms with Crippen LogP contribution in [0.3, 0.4) is 0 Å².